The fourth-order valence-electron chi connectivity index (χ4n) is 3.93. The third-order valence-electron chi connectivity index (χ3n) is 5.17. The van der Waals surface area contributed by atoms with Crippen LogP contribution in [0.5, 0.6) is 0 Å². The highest BCUT2D eigenvalue weighted by Crippen LogP contribution is 2.45. The van der Waals surface area contributed by atoms with Crippen molar-refractivity contribution in [2.45, 2.75) is 51.9 Å². The van der Waals surface area contributed by atoms with Gasteiger partial charge in [0.05, 0.1) is 0 Å². The number of aromatic nitrogens is 1. The first-order chi connectivity index (χ1) is 9.09. The van der Waals surface area contributed by atoms with Crippen molar-refractivity contribution in [1.29, 1.82) is 0 Å². The molecular formula is C17H24N2. The van der Waals surface area contributed by atoms with Crippen LogP contribution in [-0.4, -0.2) is 11.5 Å². The number of hydrogen-bond acceptors (Lipinski definition) is 1. The maximum Gasteiger partial charge on any atom is 0.0491 e. The quantitative estimate of drug-likeness (QED) is 0.841. The maximum absolute atomic E-state index is 6.17. The van der Waals surface area contributed by atoms with E-state index >= 15 is 0 Å². The zero-order valence-electron chi connectivity index (χ0n) is 12.3. The Kier molecular flexibility index (Phi) is 2.94. The van der Waals surface area contributed by atoms with Gasteiger partial charge in [-0.15, -0.1) is 0 Å². The lowest BCUT2D eigenvalue weighted by molar-refractivity contribution is 0.454. The lowest BCUT2D eigenvalue weighted by atomic mass is 9.77. The summed E-state index contributed by atoms with van der Waals surface area (Å²) in [7, 11) is 0. The summed E-state index contributed by atoms with van der Waals surface area (Å²) < 4.78 is 0. The summed E-state index contributed by atoms with van der Waals surface area (Å²) in [5.41, 5.74) is 13.2. The van der Waals surface area contributed by atoms with Crippen molar-refractivity contribution in [2.75, 3.05) is 6.54 Å². The normalized spacial score (nSPS) is 18.3. The van der Waals surface area contributed by atoms with Crippen LogP contribution >= 0.6 is 0 Å². The summed E-state index contributed by atoms with van der Waals surface area (Å²) in [5.74, 6) is 0. The van der Waals surface area contributed by atoms with Crippen LogP contribution in [0.1, 0.15) is 48.1 Å². The second kappa shape index (κ2) is 4.38. The Morgan fingerprint density at radius 1 is 1.16 bits per heavy atom. The molecule has 19 heavy (non-hydrogen) atoms. The van der Waals surface area contributed by atoms with Crippen LogP contribution in [-0.2, 0) is 5.41 Å². The summed E-state index contributed by atoms with van der Waals surface area (Å²) in [6.07, 6.45) is 5.11. The molecule has 0 unspecified atom stereocenters. The molecule has 0 spiro atoms. The van der Waals surface area contributed by atoms with Gasteiger partial charge in [0.2, 0.25) is 0 Å². The predicted molar refractivity (Wildman–Crippen MR) is 81.7 cm³/mol. The van der Waals surface area contributed by atoms with E-state index in [0.717, 1.165) is 6.54 Å². The molecule has 1 fully saturated rings. The van der Waals surface area contributed by atoms with Gasteiger partial charge in [-0.05, 0) is 50.3 Å². The van der Waals surface area contributed by atoms with E-state index in [2.05, 4.69) is 37.9 Å². The highest BCUT2D eigenvalue weighted by atomic mass is 14.7. The molecule has 1 aromatic heterocycles. The average molecular weight is 256 g/mol. The topological polar surface area (TPSA) is 41.8 Å². The van der Waals surface area contributed by atoms with Crippen LogP contribution < -0.4 is 5.73 Å². The smallest absolute Gasteiger partial charge is 0.0491 e. The number of aromatic amines is 1. The molecule has 0 amide bonds. The van der Waals surface area contributed by atoms with Crippen molar-refractivity contribution in [3.63, 3.8) is 0 Å². The van der Waals surface area contributed by atoms with Crippen LogP contribution in [0.4, 0.5) is 0 Å². The number of hydrogen-bond donors (Lipinski definition) is 2. The molecule has 1 aromatic carbocycles. The Morgan fingerprint density at radius 3 is 2.47 bits per heavy atom. The fourth-order valence-corrected chi connectivity index (χ4v) is 3.93. The molecule has 0 bridgehead atoms. The van der Waals surface area contributed by atoms with Crippen molar-refractivity contribution < 1.29 is 0 Å². The van der Waals surface area contributed by atoms with Crippen LogP contribution in [0.3, 0.4) is 0 Å². The van der Waals surface area contributed by atoms with Crippen molar-refractivity contribution in [3.8, 4) is 0 Å². The third kappa shape index (κ3) is 1.73. The molecule has 0 atom stereocenters. The van der Waals surface area contributed by atoms with Gasteiger partial charge in [0.1, 0.15) is 0 Å². The second-order valence-corrected chi connectivity index (χ2v) is 6.25. The summed E-state index contributed by atoms with van der Waals surface area (Å²) in [6.45, 7) is 7.37. The number of rotatable bonds is 2. The van der Waals surface area contributed by atoms with Crippen LogP contribution in [0, 0.1) is 20.8 Å². The van der Waals surface area contributed by atoms with Crippen molar-refractivity contribution in [3.05, 3.63) is 34.5 Å². The van der Waals surface area contributed by atoms with E-state index in [1.807, 2.05) is 0 Å². The summed E-state index contributed by atoms with van der Waals surface area (Å²) in [6, 6.07) is 4.53. The molecule has 1 heterocycles. The Bertz CT molecular complexity index is 616. The van der Waals surface area contributed by atoms with Gasteiger partial charge in [0.25, 0.3) is 0 Å². The number of fused-ring (bicyclic) bond motifs is 1. The van der Waals surface area contributed by atoms with Gasteiger partial charge in [-0.2, -0.15) is 0 Å². The zero-order chi connectivity index (χ0) is 13.6. The van der Waals surface area contributed by atoms with Gasteiger partial charge in [-0.25, -0.2) is 0 Å². The molecule has 2 nitrogen and oxygen atoms in total. The molecule has 0 radical (unpaired) electrons. The Labute approximate surface area is 115 Å². The fraction of sp³-hybridized carbons (Fsp3) is 0.529. The van der Waals surface area contributed by atoms with E-state index in [1.54, 1.807) is 0 Å². The predicted octanol–water partition coefficient (Wildman–Crippen LogP) is 3.86. The van der Waals surface area contributed by atoms with Gasteiger partial charge in [0.15, 0.2) is 0 Å². The van der Waals surface area contributed by atoms with Gasteiger partial charge in [-0.3, -0.25) is 0 Å². The molecular weight excluding hydrogens is 232 g/mol. The third-order valence-corrected chi connectivity index (χ3v) is 5.17. The van der Waals surface area contributed by atoms with E-state index in [-0.39, 0.29) is 5.41 Å². The van der Waals surface area contributed by atoms with Crippen LogP contribution in [0.15, 0.2) is 12.1 Å². The molecule has 1 aliphatic rings. The SMILES string of the molecule is Cc1ccc2c(C3(CN)CCCC3)c(C)[nH]c2c1C. The standard InChI is InChI=1S/C17H24N2/c1-11-6-7-14-15(13(3)19-16(14)12(11)2)17(10-18)8-4-5-9-17/h6-7,19H,4-5,8-10,18H2,1-3H3. The first-order valence-corrected chi connectivity index (χ1v) is 7.38. The molecule has 3 rings (SSSR count). The number of nitrogens with two attached hydrogens (primary N) is 1. The molecule has 2 aromatic rings. The van der Waals surface area contributed by atoms with Gasteiger partial charge in [-0.1, -0.05) is 25.0 Å². The Morgan fingerprint density at radius 2 is 1.84 bits per heavy atom. The minimum absolute atomic E-state index is 0.212. The Balaban J connectivity index is 2.29. The van der Waals surface area contributed by atoms with E-state index in [9.17, 15) is 0 Å². The molecule has 1 aliphatic carbocycles. The van der Waals surface area contributed by atoms with Gasteiger partial charge >= 0.3 is 0 Å². The molecule has 102 valence electrons. The first-order valence-electron chi connectivity index (χ1n) is 7.38. The number of nitrogens with one attached hydrogen (secondary N) is 1. The lowest BCUT2D eigenvalue weighted by Crippen LogP contribution is -2.32. The largest absolute Gasteiger partial charge is 0.358 e. The van der Waals surface area contributed by atoms with Crippen molar-refractivity contribution in [1.82, 2.24) is 4.98 Å². The van der Waals surface area contributed by atoms with Crippen LogP contribution in [0.25, 0.3) is 10.9 Å². The van der Waals surface area contributed by atoms with E-state index in [0.29, 0.717) is 0 Å². The molecule has 0 saturated heterocycles. The minimum atomic E-state index is 0.212. The minimum Gasteiger partial charge on any atom is -0.358 e. The number of H-pyrrole nitrogens is 1. The number of benzene rings is 1. The molecule has 2 heteroatoms. The van der Waals surface area contributed by atoms with E-state index in [4.69, 9.17) is 5.73 Å². The van der Waals surface area contributed by atoms with E-state index in [1.165, 1.54) is 59.0 Å². The van der Waals surface area contributed by atoms with Gasteiger partial charge in [0, 0.05) is 28.6 Å². The zero-order valence-corrected chi connectivity index (χ0v) is 12.3. The maximum atomic E-state index is 6.17. The van der Waals surface area contributed by atoms with Crippen LogP contribution in [0.2, 0.25) is 0 Å². The van der Waals surface area contributed by atoms with E-state index < -0.39 is 0 Å². The summed E-state index contributed by atoms with van der Waals surface area (Å²) in [4.78, 5) is 3.62. The molecule has 0 aliphatic heterocycles. The second-order valence-electron chi connectivity index (χ2n) is 6.25. The van der Waals surface area contributed by atoms with Crippen molar-refractivity contribution >= 4 is 10.9 Å². The summed E-state index contributed by atoms with van der Waals surface area (Å²) in [5, 5.41) is 1.40. The average Bonchev–Trinajstić information content (AvgIpc) is 2.99. The highest BCUT2D eigenvalue weighted by Gasteiger charge is 2.37. The highest BCUT2D eigenvalue weighted by molar-refractivity contribution is 5.89. The monoisotopic (exact) mass is 256 g/mol. The Hall–Kier alpha value is -1.28. The van der Waals surface area contributed by atoms with Crippen molar-refractivity contribution in [2.24, 2.45) is 5.73 Å². The summed E-state index contributed by atoms with van der Waals surface area (Å²) >= 11 is 0. The first kappa shape index (κ1) is 12.7. The molecule has 1 saturated carbocycles. The molecule has 3 N–H and O–H groups in total. The number of aryl methyl sites for hydroxylation is 3. The lowest BCUT2D eigenvalue weighted by Gasteiger charge is -2.28. The van der Waals surface area contributed by atoms with Gasteiger partial charge < -0.3 is 10.7 Å².